The molecule has 1 aliphatic heterocycles. The first kappa shape index (κ1) is 16.8. The number of hydrogen-bond acceptors (Lipinski definition) is 2. The highest BCUT2D eigenvalue weighted by molar-refractivity contribution is 6.21. The highest BCUT2D eigenvalue weighted by Gasteiger charge is 2.22. The van der Waals surface area contributed by atoms with Gasteiger partial charge in [-0.3, -0.25) is 0 Å². The molecule has 2 nitrogen and oxygen atoms in total. The van der Waals surface area contributed by atoms with Crippen LogP contribution in [0.2, 0.25) is 0 Å². The second-order valence-corrected chi connectivity index (χ2v) is 6.96. The van der Waals surface area contributed by atoms with Crippen LogP contribution in [0.4, 0.5) is 0 Å². The third-order valence-corrected chi connectivity index (χ3v) is 5.03. The first-order valence-electron chi connectivity index (χ1n) is 8.21. The second-order valence-electron chi connectivity index (χ2n) is 6.43. The van der Waals surface area contributed by atoms with Gasteiger partial charge in [0, 0.05) is 12.6 Å². The fourth-order valence-electron chi connectivity index (χ4n) is 3.12. The maximum Gasteiger partial charge on any atom is 0.0712 e. The van der Waals surface area contributed by atoms with Crippen molar-refractivity contribution in [3.63, 3.8) is 0 Å². The Morgan fingerprint density at radius 3 is 2.43 bits per heavy atom. The van der Waals surface area contributed by atoms with E-state index in [2.05, 4.69) is 55.1 Å². The third-order valence-electron chi connectivity index (χ3n) is 4.64. The van der Waals surface area contributed by atoms with Crippen molar-refractivity contribution in [2.24, 2.45) is 0 Å². The van der Waals surface area contributed by atoms with Gasteiger partial charge in [-0.2, -0.15) is 0 Å². The first-order valence-corrected chi connectivity index (χ1v) is 8.65. The number of piperidine rings is 1. The van der Waals surface area contributed by atoms with Crippen LogP contribution in [-0.2, 0) is 6.42 Å². The number of likely N-dealkylation sites (tertiary alicyclic amines) is 1. The summed E-state index contributed by atoms with van der Waals surface area (Å²) in [6.45, 7) is 5.55. The minimum absolute atomic E-state index is 0.0883. The molecular weight excluding hydrogens is 280 g/mol. The van der Waals surface area contributed by atoms with Gasteiger partial charge >= 0.3 is 0 Å². The van der Waals surface area contributed by atoms with Crippen LogP contribution in [0.3, 0.4) is 0 Å². The van der Waals surface area contributed by atoms with Gasteiger partial charge in [0.05, 0.1) is 5.38 Å². The lowest BCUT2D eigenvalue weighted by Gasteiger charge is -2.36. The van der Waals surface area contributed by atoms with Crippen molar-refractivity contribution in [1.29, 1.82) is 0 Å². The van der Waals surface area contributed by atoms with Crippen molar-refractivity contribution < 1.29 is 0 Å². The molecule has 1 aliphatic rings. The number of rotatable bonds is 6. The minimum atomic E-state index is 0.0883. The second kappa shape index (κ2) is 8.17. The Hall–Kier alpha value is -0.570. The molecule has 0 radical (unpaired) electrons. The molecule has 21 heavy (non-hydrogen) atoms. The lowest BCUT2D eigenvalue weighted by molar-refractivity contribution is 0.144. The van der Waals surface area contributed by atoms with E-state index in [0.29, 0.717) is 6.04 Å². The topological polar surface area (TPSA) is 6.48 Å². The summed E-state index contributed by atoms with van der Waals surface area (Å²) in [6.07, 6.45) is 4.86. The van der Waals surface area contributed by atoms with Gasteiger partial charge in [-0.1, -0.05) is 37.6 Å². The van der Waals surface area contributed by atoms with Gasteiger partial charge in [0.1, 0.15) is 0 Å². The molecule has 1 heterocycles. The molecule has 0 saturated carbocycles. The fourth-order valence-corrected chi connectivity index (χ4v) is 3.49. The van der Waals surface area contributed by atoms with Gasteiger partial charge in [-0.25, -0.2) is 0 Å². The van der Waals surface area contributed by atoms with Gasteiger partial charge in [-0.05, 0) is 57.6 Å². The molecule has 1 fully saturated rings. The van der Waals surface area contributed by atoms with Crippen LogP contribution in [0.25, 0.3) is 0 Å². The Balaban J connectivity index is 1.86. The van der Waals surface area contributed by atoms with Gasteiger partial charge < -0.3 is 9.80 Å². The van der Waals surface area contributed by atoms with Crippen molar-refractivity contribution in [2.45, 2.75) is 44.0 Å². The molecule has 0 aliphatic carbocycles. The number of benzene rings is 1. The average Bonchev–Trinajstić information content (AvgIpc) is 2.49. The van der Waals surface area contributed by atoms with Gasteiger partial charge in [0.25, 0.3) is 0 Å². The summed E-state index contributed by atoms with van der Waals surface area (Å²) in [5.41, 5.74) is 2.66. The number of nitrogens with zero attached hydrogens (tertiary/aromatic N) is 2. The zero-order chi connectivity index (χ0) is 15.2. The minimum Gasteiger partial charge on any atom is -0.306 e. The Bertz CT molecular complexity index is 410. The predicted octanol–water partition coefficient (Wildman–Crippen LogP) is 3.95. The summed E-state index contributed by atoms with van der Waals surface area (Å²) in [5.74, 6) is 0. The van der Waals surface area contributed by atoms with E-state index in [1.54, 1.807) is 0 Å². The van der Waals surface area contributed by atoms with E-state index in [0.717, 1.165) is 13.0 Å². The Labute approximate surface area is 135 Å². The van der Waals surface area contributed by atoms with E-state index < -0.39 is 0 Å². The SMILES string of the molecule is CCCc1ccc(C(Cl)CN(C)C2CCN(C)CC2)cc1. The van der Waals surface area contributed by atoms with Crippen LogP contribution in [0.1, 0.15) is 42.7 Å². The quantitative estimate of drug-likeness (QED) is 0.734. The molecule has 0 aromatic heterocycles. The largest absolute Gasteiger partial charge is 0.306 e. The molecule has 0 spiro atoms. The normalized spacial score (nSPS) is 19.1. The van der Waals surface area contributed by atoms with Crippen LogP contribution in [0.15, 0.2) is 24.3 Å². The Morgan fingerprint density at radius 1 is 1.24 bits per heavy atom. The van der Waals surface area contributed by atoms with Crippen molar-refractivity contribution in [3.8, 4) is 0 Å². The molecule has 3 heteroatoms. The average molecular weight is 309 g/mol. The van der Waals surface area contributed by atoms with E-state index in [4.69, 9.17) is 11.6 Å². The number of likely N-dealkylation sites (N-methyl/N-ethyl adjacent to an activating group) is 1. The van der Waals surface area contributed by atoms with Crippen LogP contribution < -0.4 is 0 Å². The molecule has 0 bridgehead atoms. The van der Waals surface area contributed by atoms with E-state index in [-0.39, 0.29) is 5.38 Å². The lowest BCUT2D eigenvalue weighted by Crippen LogP contribution is -2.42. The zero-order valence-corrected chi connectivity index (χ0v) is 14.4. The van der Waals surface area contributed by atoms with Crippen molar-refractivity contribution in [1.82, 2.24) is 9.80 Å². The standard InChI is InChI=1S/C18H29ClN2/c1-4-5-15-6-8-16(9-7-15)18(19)14-21(3)17-10-12-20(2)13-11-17/h6-9,17-18H,4-5,10-14H2,1-3H3. The summed E-state index contributed by atoms with van der Waals surface area (Å²) in [7, 11) is 4.43. The summed E-state index contributed by atoms with van der Waals surface area (Å²) < 4.78 is 0. The van der Waals surface area contributed by atoms with Gasteiger partial charge in [-0.15, -0.1) is 11.6 Å². The maximum absolute atomic E-state index is 6.63. The molecule has 0 N–H and O–H groups in total. The summed E-state index contributed by atoms with van der Waals surface area (Å²) >= 11 is 6.63. The molecule has 1 unspecified atom stereocenters. The maximum atomic E-state index is 6.63. The zero-order valence-electron chi connectivity index (χ0n) is 13.7. The summed E-state index contributed by atoms with van der Waals surface area (Å²) in [6, 6.07) is 9.53. The number of alkyl halides is 1. The lowest BCUT2D eigenvalue weighted by atomic mass is 10.0. The van der Waals surface area contributed by atoms with Crippen LogP contribution in [0.5, 0.6) is 0 Å². The molecule has 2 rings (SSSR count). The molecule has 1 aromatic rings. The molecule has 0 amide bonds. The molecule has 1 atom stereocenters. The van der Waals surface area contributed by atoms with Crippen molar-refractivity contribution in [2.75, 3.05) is 33.7 Å². The smallest absolute Gasteiger partial charge is 0.0712 e. The molecule has 1 aromatic carbocycles. The van der Waals surface area contributed by atoms with Crippen LogP contribution in [-0.4, -0.2) is 49.6 Å². The molecular formula is C18H29ClN2. The monoisotopic (exact) mass is 308 g/mol. The summed E-state index contributed by atoms with van der Waals surface area (Å²) in [5, 5.41) is 0.0883. The highest BCUT2D eigenvalue weighted by Crippen LogP contribution is 2.24. The number of aryl methyl sites for hydroxylation is 1. The number of halogens is 1. The van der Waals surface area contributed by atoms with E-state index in [1.807, 2.05) is 0 Å². The van der Waals surface area contributed by atoms with E-state index in [1.165, 1.54) is 43.5 Å². The Kier molecular flexibility index (Phi) is 6.53. The van der Waals surface area contributed by atoms with Crippen molar-refractivity contribution in [3.05, 3.63) is 35.4 Å². The highest BCUT2D eigenvalue weighted by atomic mass is 35.5. The number of hydrogen-bond donors (Lipinski definition) is 0. The first-order chi connectivity index (χ1) is 10.1. The van der Waals surface area contributed by atoms with Gasteiger partial charge in [0.2, 0.25) is 0 Å². The fraction of sp³-hybridized carbons (Fsp3) is 0.667. The summed E-state index contributed by atoms with van der Waals surface area (Å²) in [4.78, 5) is 4.86. The molecule has 118 valence electrons. The third kappa shape index (κ3) is 4.98. The molecule has 1 saturated heterocycles. The van der Waals surface area contributed by atoms with Gasteiger partial charge in [0.15, 0.2) is 0 Å². The predicted molar refractivity (Wildman–Crippen MR) is 92.2 cm³/mol. The van der Waals surface area contributed by atoms with Crippen molar-refractivity contribution >= 4 is 11.6 Å². The Morgan fingerprint density at radius 2 is 1.86 bits per heavy atom. The van der Waals surface area contributed by atoms with Crippen LogP contribution in [0, 0.1) is 0 Å². The van der Waals surface area contributed by atoms with E-state index >= 15 is 0 Å². The van der Waals surface area contributed by atoms with E-state index in [9.17, 15) is 0 Å². The van der Waals surface area contributed by atoms with Crippen LogP contribution >= 0.6 is 11.6 Å².